The molecule has 0 saturated carbocycles. The number of halogens is 2. The highest BCUT2D eigenvalue weighted by Crippen LogP contribution is 2.34. The van der Waals surface area contributed by atoms with Gasteiger partial charge in [0.2, 0.25) is 5.95 Å². The molecular formula is C27H30F2N6. The Labute approximate surface area is 204 Å². The summed E-state index contributed by atoms with van der Waals surface area (Å²) < 4.78 is 29.9. The van der Waals surface area contributed by atoms with E-state index < -0.39 is 11.8 Å². The molecule has 1 aromatic heterocycles. The Bertz CT molecular complexity index is 1260. The molecule has 3 aromatic rings. The van der Waals surface area contributed by atoms with Gasteiger partial charge in [0.25, 0.3) is 0 Å². The smallest absolute Gasteiger partial charge is 0.241 e. The molecule has 0 aliphatic carbocycles. The second-order valence-corrected chi connectivity index (χ2v) is 9.41. The number of nitrogens with one attached hydrogen (secondary N) is 1. The Balaban J connectivity index is 1.45. The maximum absolute atomic E-state index is 15.1. The number of hydrogen-bond acceptors (Lipinski definition) is 6. The Morgan fingerprint density at radius 2 is 1.69 bits per heavy atom. The Morgan fingerprint density at radius 1 is 0.971 bits per heavy atom. The lowest BCUT2D eigenvalue weighted by atomic mass is 9.94. The third kappa shape index (κ3) is 4.46. The molecule has 6 nitrogen and oxygen atoms in total. The number of nitrogens with zero attached hydrogens (tertiary/aromatic N) is 4. The van der Waals surface area contributed by atoms with Gasteiger partial charge in [-0.05, 0) is 50.1 Å². The van der Waals surface area contributed by atoms with Gasteiger partial charge in [-0.3, -0.25) is 4.90 Å². The average molecular weight is 477 g/mol. The van der Waals surface area contributed by atoms with Crippen LogP contribution >= 0.6 is 0 Å². The molecule has 0 bridgehead atoms. The molecule has 3 N–H and O–H groups in total. The minimum absolute atomic E-state index is 0.0496. The van der Waals surface area contributed by atoms with Gasteiger partial charge in [-0.2, -0.15) is 9.37 Å². The van der Waals surface area contributed by atoms with Crippen molar-refractivity contribution in [2.75, 3.05) is 43.4 Å². The van der Waals surface area contributed by atoms with Crippen molar-refractivity contribution < 1.29 is 8.78 Å². The minimum atomic E-state index is -0.777. The van der Waals surface area contributed by atoms with Crippen LogP contribution in [0.5, 0.6) is 0 Å². The third-order valence-electron chi connectivity index (χ3n) is 6.94. The van der Waals surface area contributed by atoms with Crippen molar-refractivity contribution in [1.82, 2.24) is 20.2 Å². The van der Waals surface area contributed by atoms with Crippen molar-refractivity contribution in [3.63, 3.8) is 0 Å². The fourth-order valence-corrected chi connectivity index (χ4v) is 4.87. The lowest BCUT2D eigenvalue weighted by Crippen LogP contribution is -2.48. The van der Waals surface area contributed by atoms with Gasteiger partial charge in [0, 0.05) is 66.8 Å². The topological polar surface area (TPSA) is 70.3 Å². The average Bonchev–Trinajstić information content (AvgIpc) is 2.85. The summed E-state index contributed by atoms with van der Waals surface area (Å²) >= 11 is 0. The predicted octanol–water partition coefficient (Wildman–Crippen LogP) is 4.32. The van der Waals surface area contributed by atoms with Crippen molar-refractivity contribution in [3.8, 4) is 22.5 Å². The molecule has 5 rings (SSSR count). The summed E-state index contributed by atoms with van der Waals surface area (Å²) in [6.07, 6.45) is 0.718. The highest BCUT2D eigenvalue weighted by molar-refractivity contribution is 5.77. The maximum Gasteiger partial charge on any atom is 0.241 e. The van der Waals surface area contributed by atoms with Gasteiger partial charge in [-0.25, -0.2) is 9.37 Å². The fraction of sp³-hybridized carbons (Fsp3) is 0.333. The van der Waals surface area contributed by atoms with Crippen LogP contribution in [0.3, 0.4) is 0 Å². The van der Waals surface area contributed by atoms with Crippen LogP contribution in [0.25, 0.3) is 28.2 Å². The van der Waals surface area contributed by atoms with Crippen molar-refractivity contribution in [2.45, 2.75) is 26.3 Å². The van der Waals surface area contributed by atoms with E-state index in [0.717, 1.165) is 49.4 Å². The van der Waals surface area contributed by atoms with Gasteiger partial charge in [-0.1, -0.05) is 18.7 Å². The Kier molecular flexibility index (Phi) is 6.15. The summed E-state index contributed by atoms with van der Waals surface area (Å²) in [4.78, 5) is 13.1. The summed E-state index contributed by atoms with van der Waals surface area (Å²) in [7, 11) is 0. The molecular weight excluding hydrogens is 446 g/mol. The summed E-state index contributed by atoms with van der Waals surface area (Å²) in [6.45, 7) is 13.0. The molecule has 2 aliphatic rings. The number of aromatic nitrogens is 2. The van der Waals surface area contributed by atoms with E-state index in [2.05, 4.69) is 45.5 Å². The number of nitrogens with two attached hydrogens (primary N) is 1. The van der Waals surface area contributed by atoms with Crippen LogP contribution in [-0.4, -0.2) is 53.6 Å². The fourth-order valence-electron chi connectivity index (χ4n) is 4.87. The molecule has 0 atom stereocenters. The molecule has 8 heteroatoms. The number of fused-ring (bicyclic) bond motifs is 1. The van der Waals surface area contributed by atoms with Gasteiger partial charge in [0.1, 0.15) is 17.2 Å². The van der Waals surface area contributed by atoms with Crippen molar-refractivity contribution >= 4 is 17.2 Å². The monoisotopic (exact) mass is 476 g/mol. The van der Waals surface area contributed by atoms with Crippen LogP contribution in [0.15, 0.2) is 43.0 Å². The molecule has 0 radical (unpaired) electrons. The third-order valence-corrected chi connectivity index (χ3v) is 6.94. The molecule has 0 spiro atoms. The van der Waals surface area contributed by atoms with Gasteiger partial charge in [-0.15, -0.1) is 0 Å². The van der Waals surface area contributed by atoms with Crippen molar-refractivity contribution in [2.24, 2.45) is 0 Å². The largest absolute Gasteiger partial charge is 0.385 e. The van der Waals surface area contributed by atoms with Crippen LogP contribution in [0.4, 0.5) is 20.3 Å². The summed E-state index contributed by atoms with van der Waals surface area (Å²) in [5, 5.41) is 3.14. The van der Waals surface area contributed by atoms with Gasteiger partial charge in [0.15, 0.2) is 5.82 Å². The van der Waals surface area contributed by atoms with E-state index in [1.54, 1.807) is 6.07 Å². The zero-order chi connectivity index (χ0) is 24.7. The standard InChI is InChI=1S/C27H30F2N6/c1-16(2)34-10-12-35(13-11-34)20-6-4-18(5-7-20)24-26(29)33-27(30)25(32-24)22-14-19-8-9-31-17(3)21(19)15-23(22)28/h4-7,14-16,31H,3,8-13H2,1-2H3,(H2,30,33). The molecule has 1 fully saturated rings. The van der Waals surface area contributed by atoms with E-state index >= 15 is 4.39 Å². The predicted molar refractivity (Wildman–Crippen MR) is 137 cm³/mol. The minimum Gasteiger partial charge on any atom is -0.385 e. The first-order chi connectivity index (χ1) is 16.8. The molecule has 2 aromatic carbocycles. The Hall–Kier alpha value is -3.52. The zero-order valence-electron chi connectivity index (χ0n) is 20.1. The van der Waals surface area contributed by atoms with E-state index in [9.17, 15) is 4.39 Å². The summed E-state index contributed by atoms with van der Waals surface area (Å²) in [6, 6.07) is 11.3. The zero-order valence-corrected chi connectivity index (χ0v) is 20.1. The number of piperazine rings is 1. The second-order valence-electron chi connectivity index (χ2n) is 9.41. The van der Waals surface area contributed by atoms with Crippen molar-refractivity contribution in [1.29, 1.82) is 0 Å². The van der Waals surface area contributed by atoms with Crippen LogP contribution < -0.4 is 16.0 Å². The maximum atomic E-state index is 15.1. The Morgan fingerprint density at radius 3 is 2.37 bits per heavy atom. The van der Waals surface area contributed by atoms with E-state index in [4.69, 9.17) is 5.73 Å². The SMILES string of the molecule is C=C1NCCc2cc(-c3nc(-c4ccc(N5CCN(C(C)C)CC5)cc4)c(F)nc3N)c(F)cc21. The van der Waals surface area contributed by atoms with E-state index in [1.807, 2.05) is 24.3 Å². The summed E-state index contributed by atoms with van der Waals surface area (Å²) in [5.41, 5.74) is 10.4. The molecule has 0 unspecified atom stereocenters. The molecule has 35 heavy (non-hydrogen) atoms. The van der Waals surface area contributed by atoms with Gasteiger partial charge in [0.05, 0.1) is 0 Å². The molecule has 1 saturated heterocycles. The van der Waals surface area contributed by atoms with Crippen LogP contribution in [0.2, 0.25) is 0 Å². The number of anilines is 2. The number of nitrogen functional groups attached to an aromatic ring is 1. The van der Waals surface area contributed by atoms with Crippen LogP contribution in [0, 0.1) is 11.8 Å². The molecule has 2 aliphatic heterocycles. The van der Waals surface area contributed by atoms with Crippen LogP contribution in [0.1, 0.15) is 25.0 Å². The normalized spacial score (nSPS) is 16.4. The number of rotatable bonds is 4. The van der Waals surface area contributed by atoms with E-state index in [1.165, 1.54) is 6.07 Å². The highest BCUT2D eigenvalue weighted by atomic mass is 19.1. The van der Waals surface area contributed by atoms with Crippen molar-refractivity contribution in [3.05, 3.63) is 65.9 Å². The lowest BCUT2D eigenvalue weighted by Gasteiger charge is -2.38. The van der Waals surface area contributed by atoms with Gasteiger partial charge < -0.3 is 16.0 Å². The first-order valence-corrected chi connectivity index (χ1v) is 12.0. The summed E-state index contributed by atoms with van der Waals surface area (Å²) in [5.74, 6) is -1.42. The molecule has 0 amide bonds. The number of hydrogen-bond donors (Lipinski definition) is 2. The quantitative estimate of drug-likeness (QED) is 0.585. The number of benzene rings is 2. The first-order valence-electron chi connectivity index (χ1n) is 12.0. The second kappa shape index (κ2) is 9.26. The van der Waals surface area contributed by atoms with E-state index in [-0.39, 0.29) is 22.8 Å². The highest BCUT2D eigenvalue weighted by Gasteiger charge is 2.22. The first kappa shape index (κ1) is 23.2. The lowest BCUT2D eigenvalue weighted by molar-refractivity contribution is 0.209. The molecule has 3 heterocycles. The van der Waals surface area contributed by atoms with Gasteiger partial charge >= 0.3 is 0 Å². The molecule has 182 valence electrons. The van der Waals surface area contributed by atoms with Crippen LogP contribution in [-0.2, 0) is 6.42 Å². The van der Waals surface area contributed by atoms with E-state index in [0.29, 0.717) is 23.8 Å².